The minimum Gasteiger partial charge on any atom is -0.399 e. The van der Waals surface area contributed by atoms with Crippen molar-refractivity contribution in [3.8, 4) is 0 Å². The van der Waals surface area contributed by atoms with E-state index in [0.29, 0.717) is 11.3 Å². The van der Waals surface area contributed by atoms with E-state index in [9.17, 15) is 18.0 Å². The SMILES string of the molecule is Cc1cc(S(=O)(=O)NC2CC(=O)N(C)C2=O)ccc1N. The van der Waals surface area contributed by atoms with Crippen molar-refractivity contribution in [2.24, 2.45) is 0 Å². The molecule has 0 aliphatic carbocycles. The maximum atomic E-state index is 12.2. The Hall–Kier alpha value is -1.93. The highest BCUT2D eigenvalue weighted by Crippen LogP contribution is 2.19. The highest BCUT2D eigenvalue weighted by atomic mass is 32.2. The summed E-state index contributed by atoms with van der Waals surface area (Å²) in [7, 11) is -2.54. The molecule has 108 valence electrons. The van der Waals surface area contributed by atoms with Gasteiger partial charge in [0.15, 0.2) is 0 Å². The highest BCUT2D eigenvalue weighted by molar-refractivity contribution is 7.89. The van der Waals surface area contributed by atoms with Crippen LogP contribution in [-0.4, -0.2) is 38.2 Å². The number of imide groups is 1. The van der Waals surface area contributed by atoms with E-state index in [-0.39, 0.29) is 11.3 Å². The molecule has 7 nitrogen and oxygen atoms in total. The second kappa shape index (κ2) is 4.88. The number of hydrogen-bond donors (Lipinski definition) is 2. The van der Waals surface area contributed by atoms with Crippen LogP contribution in [0.2, 0.25) is 0 Å². The van der Waals surface area contributed by atoms with Crippen molar-refractivity contribution in [1.29, 1.82) is 0 Å². The summed E-state index contributed by atoms with van der Waals surface area (Å²) in [6.45, 7) is 1.69. The minimum absolute atomic E-state index is 0.0130. The molecule has 0 aromatic heterocycles. The first kappa shape index (κ1) is 14.5. The highest BCUT2D eigenvalue weighted by Gasteiger charge is 2.38. The number of sulfonamides is 1. The lowest BCUT2D eigenvalue weighted by Crippen LogP contribution is -2.40. The molecule has 3 N–H and O–H groups in total. The van der Waals surface area contributed by atoms with Gasteiger partial charge < -0.3 is 5.73 Å². The lowest BCUT2D eigenvalue weighted by atomic mass is 10.2. The van der Waals surface area contributed by atoms with Gasteiger partial charge in [0.1, 0.15) is 6.04 Å². The second-order valence-corrected chi connectivity index (χ2v) is 6.40. The molecule has 2 amide bonds. The van der Waals surface area contributed by atoms with Gasteiger partial charge in [-0.25, -0.2) is 8.42 Å². The normalized spacial score (nSPS) is 19.7. The quantitative estimate of drug-likeness (QED) is 0.583. The molecule has 0 saturated carbocycles. The number of nitrogens with zero attached hydrogens (tertiary/aromatic N) is 1. The molecular formula is C12H15N3O4S. The van der Waals surface area contributed by atoms with Gasteiger partial charge >= 0.3 is 0 Å². The van der Waals surface area contributed by atoms with Crippen LogP contribution in [0.15, 0.2) is 23.1 Å². The summed E-state index contributed by atoms with van der Waals surface area (Å²) in [4.78, 5) is 24.0. The number of likely N-dealkylation sites (tertiary alicyclic amines) is 1. The Bertz CT molecular complexity index is 684. The van der Waals surface area contributed by atoms with E-state index in [1.165, 1.54) is 25.2 Å². The standard InChI is InChI=1S/C12H15N3O4S/c1-7-5-8(3-4-9(7)13)20(18,19)14-10-6-11(16)15(2)12(10)17/h3-5,10,14H,6,13H2,1-2H3. The van der Waals surface area contributed by atoms with Crippen molar-refractivity contribution in [1.82, 2.24) is 9.62 Å². The van der Waals surface area contributed by atoms with Crippen LogP contribution in [0.3, 0.4) is 0 Å². The van der Waals surface area contributed by atoms with Crippen LogP contribution in [0.4, 0.5) is 5.69 Å². The van der Waals surface area contributed by atoms with Crippen LogP contribution in [0, 0.1) is 6.92 Å². The Labute approximate surface area is 116 Å². The number of carbonyl (C=O) groups is 2. The fourth-order valence-electron chi connectivity index (χ4n) is 1.92. The summed E-state index contributed by atoms with van der Waals surface area (Å²) in [5.74, 6) is -0.957. The van der Waals surface area contributed by atoms with Crippen molar-refractivity contribution in [2.45, 2.75) is 24.3 Å². The van der Waals surface area contributed by atoms with Crippen molar-refractivity contribution >= 4 is 27.5 Å². The third kappa shape index (κ3) is 2.52. The van der Waals surface area contributed by atoms with Crippen LogP contribution in [0.25, 0.3) is 0 Å². The monoisotopic (exact) mass is 297 g/mol. The second-order valence-electron chi connectivity index (χ2n) is 4.69. The molecule has 2 rings (SSSR count). The number of carbonyl (C=O) groups excluding carboxylic acids is 2. The van der Waals surface area contributed by atoms with Crippen LogP contribution >= 0.6 is 0 Å². The predicted octanol–water partition coefficient (Wildman–Crippen LogP) is -0.387. The number of aryl methyl sites for hydroxylation is 1. The Balaban J connectivity index is 2.26. The van der Waals surface area contributed by atoms with E-state index in [1.807, 2.05) is 0 Å². The summed E-state index contributed by atoms with van der Waals surface area (Å²) < 4.78 is 26.6. The number of anilines is 1. The van der Waals surface area contributed by atoms with Gasteiger partial charge in [0, 0.05) is 12.7 Å². The average molecular weight is 297 g/mol. The molecule has 0 bridgehead atoms. The molecule has 1 aliphatic rings. The number of hydrogen-bond acceptors (Lipinski definition) is 5. The van der Waals surface area contributed by atoms with E-state index in [0.717, 1.165) is 4.90 Å². The smallest absolute Gasteiger partial charge is 0.247 e. The van der Waals surface area contributed by atoms with Crippen molar-refractivity contribution < 1.29 is 18.0 Å². The third-order valence-electron chi connectivity index (χ3n) is 3.23. The molecule has 1 aromatic carbocycles. The molecule has 1 atom stereocenters. The number of nitrogens with two attached hydrogens (primary N) is 1. The average Bonchev–Trinajstić information content (AvgIpc) is 2.60. The first-order valence-electron chi connectivity index (χ1n) is 5.91. The van der Waals surface area contributed by atoms with E-state index in [1.54, 1.807) is 6.92 Å². The fourth-order valence-corrected chi connectivity index (χ4v) is 3.19. The van der Waals surface area contributed by atoms with Crippen molar-refractivity contribution in [2.75, 3.05) is 12.8 Å². The number of rotatable bonds is 3. The topological polar surface area (TPSA) is 110 Å². The summed E-state index contributed by atoms with van der Waals surface area (Å²) in [6.07, 6.45) is -0.164. The molecule has 8 heteroatoms. The molecule has 0 spiro atoms. The van der Waals surface area contributed by atoms with Gasteiger partial charge in [-0.2, -0.15) is 4.72 Å². The van der Waals surface area contributed by atoms with E-state index < -0.39 is 27.9 Å². The van der Waals surface area contributed by atoms with Gasteiger partial charge in [0.05, 0.1) is 11.3 Å². The Morgan fingerprint density at radius 3 is 2.50 bits per heavy atom. The van der Waals surface area contributed by atoms with Gasteiger partial charge in [0.25, 0.3) is 0 Å². The molecule has 1 heterocycles. The Morgan fingerprint density at radius 2 is 2.00 bits per heavy atom. The molecule has 20 heavy (non-hydrogen) atoms. The van der Waals surface area contributed by atoms with Gasteiger partial charge in [-0.05, 0) is 30.7 Å². The zero-order chi connectivity index (χ0) is 15.1. The summed E-state index contributed by atoms with van der Waals surface area (Å²) in [5, 5.41) is 0. The van der Waals surface area contributed by atoms with Crippen LogP contribution < -0.4 is 10.5 Å². The summed E-state index contributed by atoms with van der Waals surface area (Å²) >= 11 is 0. The Morgan fingerprint density at radius 1 is 1.35 bits per heavy atom. The van der Waals surface area contributed by atoms with E-state index in [4.69, 9.17) is 5.73 Å². The summed E-state index contributed by atoms with van der Waals surface area (Å²) in [6, 6.07) is 3.21. The first-order valence-corrected chi connectivity index (χ1v) is 7.39. The lowest BCUT2D eigenvalue weighted by Gasteiger charge is -2.12. The molecule has 1 aliphatic heterocycles. The van der Waals surface area contributed by atoms with Crippen LogP contribution in [-0.2, 0) is 19.6 Å². The van der Waals surface area contributed by atoms with Gasteiger partial charge in [-0.15, -0.1) is 0 Å². The third-order valence-corrected chi connectivity index (χ3v) is 4.70. The summed E-state index contributed by atoms with van der Waals surface area (Å²) in [5.41, 5.74) is 6.74. The number of nitrogen functional groups attached to an aromatic ring is 1. The predicted molar refractivity (Wildman–Crippen MR) is 72.1 cm³/mol. The van der Waals surface area contributed by atoms with Gasteiger partial charge in [-0.1, -0.05) is 0 Å². The van der Waals surface area contributed by atoms with Gasteiger partial charge in [-0.3, -0.25) is 14.5 Å². The molecular weight excluding hydrogens is 282 g/mol. The van der Waals surface area contributed by atoms with Crippen LogP contribution in [0.1, 0.15) is 12.0 Å². The van der Waals surface area contributed by atoms with Gasteiger partial charge in [0.2, 0.25) is 21.8 Å². The fraction of sp³-hybridized carbons (Fsp3) is 0.333. The number of benzene rings is 1. The number of nitrogens with one attached hydrogen (secondary N) is 1. The maximum Gasteiger partial charge on any atom is 0.247 e. The molecule has 1 unspecified atom stereocenters. The zero-order valence-electron chi connectivity index (χ0n) is 11.1. The van der Waals surface area contributed by atoms with Crippen LogP contribution in [0.5, 0.6) is 0 Å². The number of amides is 2. The van der Waals surface area contributed by atoms with Crippen molar-refractivity contribution in [3.05, 3.63) is 23.8 Å². The molecule has 0 radical (unpaired) electrons. The minimum atomic E-state index is -3.87. The van der Waals surface area contributed by atoms with E-state index in [2.05, 4.69) is 4.72 Å². The Kier molecular flexibility index (Phi) is 3.53. The molecule has 1 saturated heterocycles. The van der Waals surface area contributed by atoms with E-state index >= 15 is 0 Å². The van der Waals surface area contributed by atoms with Crippen molar-refractivity contribution in [3.63, 3.8) is 0 Å². The largest absolute Gasteiger partial charge is 0.399 e. The number of likely N-dealkylation sites (N-methyl/N-ethyl adjacent to an activating group) is 1. The lowest BCUT2D eigenvalue weighted by molar-refractivity contribution is -0.137. The zero-order valence-corrected chi connectivity index (χ0v) is 11.9. The first-order chi connectivity index (χ1) is 9.22. The molecule has 1 fully saturated rings. The molecule has 1 aromatic rings. The maximum absolute atomic E-state index is 12.2.